The van der Waals surface area contributed by atoms with E-state index in [1.165, 1.54) is 28.0 Å². The van der Waals surface area contributed by atoms with Crippen LogP contribution in [0, 0.1) is 0 Å². The molecule has 104 valence electrons. The van der Waals surface area contributed by atoms with Gasteiger partial charge in [0.25, 0.3) is 0 Å². The van der Waals surface area contributed by atoms with E-state index >= 15 is 0 Å². The highest BCUT2D eigenvalue weighted by molar-refractivity contribution is 8.40. The van der Waals surface area contributed by atoms with Gasteiger partial charge >= 0.3 is 0 Å². The summed E-state index contributed by atoms with van der Waals surface area (Å²) in [6, 6.07) is 8.72. The first-order valence-corrected chi connectivity index (χ1v) is 11.7. The van der Waals surface area contributed by atoms with Crippen molar-refractivity contribution in [3.8, 4) is 0 Å². The largest absolute Gasteiger partial charge is 0.144 e. The lowest BCUT2D eigenvalue weighted by Crippen LogP contribution is -1.82. The summed E-state index contributed by atoms with van der Waals surface area (Å²) in [6.45, 7) is 0. The van der Waals surface area contributed by atoms with Crippen molar-refractivity contribution in [2.24, 2.45) is 0 Å². The molecule has 0 spiro atoms. The number of rotatable bonds is 4. The minimum Gasteiger partial charge on any atom is -0.144 e. The number of thioether (sulfide) groups is 4. The topological polar surface area (TPSA) is 0 Å². The summed E-state index contributed by atoms with van der Waals surface area (Å²) >= 11 is 11.2. The fraction of sp³-hybridized carbons (Fsp3) is 0.143. The quantitative estimate of drug-likeness (QED) is 0.574. The van der Waals surface area contributed by atoms with E-state index in [0.717, 1.165) is 0 Å². The minimum absolute atomic E-state index is 1.37. The Hall–Kier alpha value is 0.280. The van der Waals surface area contributed by atoms with Gasteiger partial charge in [0.05, 0.1) is 12.7 Å². The molecule has 0 fully saturated rings. The van der Waals surface area contributed by atoms with Crippen LogP contribution in [0.2, 0.25) is 0 Å². The fourth-order valence-electron chi connectivity index (χ4n) is 1.79. The maximum atomic E-state index is 2.23. The van der Waals surface area contributed by atoms with Crippen LogP contribution in [-0.2, 0) is 0 Å². The maximum absolute atomic E-state index is 2.23. The van der Waals surface area contributed by atoms with Crippen LogP contribution in [-0.4, -0.2) is 12.5 Å². The van der Waals surface area contributed by atoms with Crippen LogP contribution in [0.1, 0.15) is 9.75 Å². The normalized spacial score (nSPS) is 15.2. The van der Waals surface area contributed by atoms with Crippen LogP contribution in [0.5, 0.6) is 0 Å². The molecule has 0 saturated heterocycles. The molecule has 20 heavy (non-hydrogen) atoms. The van der Waals surface area contributed by atoms with Crippen LogP contribution in [0.4, 0.5) is 0 Å². The lowest BCUT2D eigenvalue weighted by molar-refractivity contribution is 1.80. The molecule has 1 aliphatic rings. The zero-order chi connectivity index (χ0) is 13.9. The Balaban J connectivity index is 2.06. The number of thiophene rings is 2. The maximum Gasteiger partial charge on any atom is 0.0657 e. The molecule has 0 radical (unpaired) electrons. The van der Waals surface area contributed by atoms with Crippen molar-refractivity contribution in [1.29, 1.82) is 0 Å². The molecule has 0 aromatic carbocycles. The van der Waals surface area contributed by atoms with Gasteiger partial charge in [-0.25, -0.2) is 0 Å². The first-order chi connectivity index (χ1) is 9.83. The Labute approximate surface area is 144 Å². The van der Waals surface area contributed by atoms with E-state index in [4.69, 9.17) is 0 Å². The van der Waals surface area contributed by atoms with E-state index in [0.29, 0.717) is 0 Å². The molecule has 6 heteroatoms. The molecule has 0 saturated carbocycles. The number of hydrogen-bond acceptors (Lipinski definition) is 6. The van der Waals surface area contributed by atoms with E-state index < -0.39 is 0 Å². The third-order valence-corrected chi connectivity index (χ3v) is 9.65. The average molecular weight is 373 g/mol. The highest BCUT2D eigenvalue weighted by Gasteiger charge is 2.25. The summed E-state index contributed by atoms with van der Waals surface area (Å²) < 4.78 is 4.29. The molecule has 0 amide bonds. The second-order valence-electron chi connectivity index (χ2n) is 3.80. The van der Waals surface area contributed by atoms with Crippen molar-refractivity contribution in [3.05, 3.63) is 57.5 Å². The Bertz CT molecular complexity index is 579. The van der Waals surface area contributed by atoms with Crippen molar-refractivity contribution in [2.75, 3.05) is 12.5 Å². The second kappa shape index (κ2) is 7.03. The van der Waals surface area contributed by atoms with Crippen LogP contribution in [0.3, 0.4) is 0 Å². The Morgan fingerprint density at radius 3 is 1.70 bits per heavy atom. The molecule has 0 atom stereocenters. The molecule has 1 aliphatic heterocycles. The number of hydrogen-bond donors (Lipinski definition) is 0. The van der Waals surface area contributed by atoms with Crippen molar-refractivity contribution >= 4 is 75.3 Å². The molecule has 3 rings (SSSR count). The molecular weight excluding hydrogens is 361 g/mol. The molecule has 0 unspecified atom stereocenters. The van der Waals surface area contributed by atoms with Gasteiger partial charge < -0.3 is 0 Å². The van der Waals surface area contributed by atoms with Gasteiger partial charge in [-0.3, -0.25) is 0 Å². The first-order valence-electron chi connectivity index (χ1n) is 5.83. The fourth-order valence-corrected chi connectivity index (χ4v) is 8.82. The Morgan fingerprint density at radius 2 is 1.35 bits per heavy atom. The molecule has 0 aliphatic carbocycles. The monoisotopic (exact) mass is 372 g/mol. The lowest BCUT2D eigenvalue weighted by atomic mass is 10.2. The van der Waals surface area contributed by atoms with E-state index in [9.17, 15) is 0 Å². The summed E-state index contributed by atoms with van der Waals surface area (Å²) in [5.74, 6) is 0. The lowest BCUT2D eigenvalue weighted by Gasteiger charge is -2.07. The molecule has 2 aromatic rings. The van der Waals surface area contributed by atoms with Crippen LogP contribution in [0.25, 0.3) is 5.57 Å². The summed E-state index contributed by atoms with van der Waals surface area (Å²) in [7, 11) is 0. The van der Waals surface area contributed by atoms with Gasteiger partial charge in [-0.1, -0.05) is 35.7 Å². The third-order valence-electron chi connectivity index (χ3n) is 2.65. The predicted octanol–water partition coefficient (Wildman–Crippen LogP) is 6.86. The molecular formula is C14H12S6. The summed E-state index contributed by atoms with van der Waals surface area (Å²) in [6.07, 6.45) is 4.33. The molecule has 2 aromatic heterocycles. The molecule has 0 N–H and O–H groups in total. The Morgan fingerprint density at radius 1 is 0.850 bits per heavy atom. The van der Waals surface area contributed by atoms with E-state index in [-0.39, 0.29) is 0 Å². The molecule has 3 heterocycles. The van der Waals surface area contributed by atoms with Gasteiger partial charge in [0.2, 0.25) is 0 Å². The van der Waals surface area contributed by atoms with E-state index in [1.54, 1.807) is 0 Å². The van der Waals surface area contributed by atoms with Crippen molar-refractivity contribution in [3.63, 3.8) is 0 Å². The Kier molecular flexibility index (Phi) is 5.34. The summed E-state index contributed by atoms with van der Waals surface area (Å²) in [4.78, 5) is 2.73. The van der Waals surface area contributed by atoms with Crippen LogP contribution < -0.4 is 0 Å². The molecule has 0 bridgehead atoms. The second-order valence-corrected chi connectivity index (χ2v) is 10.1. The average Bonchev–Trinajstić information content (AvgIpc) is 3.21. The van der Waals surface area contributed by atoms with E-state index in [2.05, 4.69) is 47.5 Å². The predicted molar refractivity (Wildman–Crippen MR) is 104 cm³/mol. The van der Waals surface area contributed by atoms with Crippen molar-refractivity contribution < 1.29 is 0 Å². The van der Waals surface area contributed by atoms with Crippen molar-refractivity contribution in [1.82, 2.24) is 0 Å². The minimum atomic E-state index is 1.37. The summed E-state index contributed by atoms with van der Waals surface area (Å²) in [5.41, 5.74) is 1.40. The SMILES string of the molecule is CSC1=C(SC)SC(=C(c2cccs2)c2cccs2)S1. The van der Waals surface area contributed by atoms with Crippen LogP contribution in [0.15, 0.2) is 47.7 Å². The zero-order valence-corrected chi connectivity index (χ0v) is 15.8. The van der Waals surface area contributed by atoms with Gasteiger partial charge in [0.15, 0.2) is 0 Å². The van der Waals surface area contributed by atoms with Gasteiger partial charge in [-0.05, 0) is 35.4 Å². The van der Waals surface area contributed by atoms with Gasteiger partial charge in [0.1, 0.15) is 0 Å². The highest BCUT2D eigenvalue weighted by atomic mass is 32.3. The molecule has 0 nitrogen and oxygen atoms in total. The van der Waals surface area contributed by atoms with E-state index in [1.807, 2.05) is 69.7 Å². The van der Waals surface area contributed by atoms with Gasteiger partial charge in [-0.2, -0.15) is 0 Å². The van der Waals surface area contributed by atoms with Gasteiger partial charge in [0, 0.05) is 15.3 Å². The zero-order valence-electron chi connectivity index (χ0n) is 10.9. The standard InChI is InChI=1S/C14H12S6/c1-15-13-14(16-2)20-12(19-13)11(9-5-3-7-17-9)10-6-4-8-18-10/h3-8H,1-2H3. The highest BCUT2D eigenvalue weighted by Crippen LogP contribution is 2.59. The van der Waals surface area contributed by atoms with Crippen molar-refractivity contribution in [2.45, 2.75) is 0 Å². The van der Waals surface area contributed by atoms with Crippen LogP contribution >= 0.6 is 69.7 Å². The third kappa shape index (κ3) is 3.05. The first kappa shape index (κ1) is 15.2. The van der Waals surface area contributed by atoms with Gasteiger partial charge in [-0.15, -0.1) is 46.2 Å². The smallest absolute Gasteiger partial charge is 0.0657 e. The summed E-state index contributed by atoms with van der Waals surface area (Å²) in [5, 5.41) is 4.32.